The zero-order valence-electron chi connectivity index (χ0n) is 11.3. The molecule has 1 rings (SSSR count). The smallest absolute Gasteiger partial charge is 0.411 e. The van der Waals surface area contributed by atoms with Crippen LogP contribution in [-0.2, 0) is 14.3 Å². The average molecular weight is 259 g/mol. The van der Waals surface area contributed by atoms with E-state index in [1.807, 2.05) is 0 Å². The summed E-state index contributed by atoms with van der Waals surface area (Å²) >= 11 is 0. The van der Waals surface area contributed by atoms with Crippen molar-refractivity contribution >= 4 is 12.1 Å². The van der Waals surface area contributed by atoms with Gasteiger partial charge in [0.05, 0.1) is 12.7 Å². The SMILES string of the molecule is CCOC(=O)[C@@H]1C(O)CCN1C(=O)OC(C)(C)C. The lowest BCUT2D eigenvalue weighted by molar-refractivity contribution is -0.151. The number of esters is 1. The fourth-order valence-electron chi connectivity index (χ4n) is 1.81. The molecule has 0 bridgehead atoms. The number of aliphatic hydroxyl groups is 1. The number of amides is 1. The third-order valence-electron chi connectivity index (χ3n) is 2.52. The number of rotatable bonds is 2. The number of carbonyl (C=O) groups is 2. The second-order valence-corrected chi connectivity index (χ2v) is 5.23. The minimum Gasteiger partial charge on any atom is -0.464 e. The number of hydrogen-bond acceptors (Lipinski definition) is 5. The molecule has 18 heavy (non-hydrogen) atoms. The van der Waals surface area contributed by atoms with Crippen molar-refractivity contribution in [3.05, 3.63) is 0 Å². The maximum absolute atomic E-state index is 11.9. The molecule has 6 nitrogen and oxygen atoms in total. The number of aliphatic hydroxyl groups excluding tert-OH is 1. The van der Waals surface area contributed by atoms with Crippen LogP contribution >= 0.6 is 0 Å². The third kappa shape index (κ3) is 3.60. The Kier molecular flexibility index (Phi) is 4.56. The first-order chi connectivity index (χ1) is 8.26. The van der Waals surface area contributed by atoms with Crippen molar-refractivity contribution in [1.29, 1.82) is 0 Å². The van der Waals surface area contributed by atoms with E-state index in [0.29, 0.717) is 13.0 Å². The van der Waals surface area contributed by atoms with Gasteiger partial charge in [0.2, 0.25) is 0 Å². The fourth-order valence-corrected chi connectivity index (χ4v) is 1.81. The summed E-state index contributed by atoms with van der Waals surface area (Å²) < 4.78 is 10.1. The van der Waals surface area contributed by atoms with E-state index >= 15 is 0 Å². The lowest BCUT2D eigenvalue weighted by Crippen LogP contribution is -2.47. The van der Waals surface area contributed by atoms with Crippen LogP contribution in [0.15, 0.2) is 0 Å². The Labute approximate surface area is 107 Å². The lowest BCUT2D eigenvalue weighted by Gasteiger charge is -2.28. The maximum atomic E-state index is 11.9. The first kappa shape index (κ1) is 14.8. The maximum Gasteiger partial charge on any atom is 0.411 e. The summed E-state index contributed by atoms with van der Waals surface area (Å²) in [5.41, 5.74) is -0.635. The van der Waals surface area contributed by atoms with Gasteiger partial charge in [0.25, 0.3) is 0 Å². The highest BCUT2D eigenvalue weighted by Gasteiger charge is 2.43. The van der Waals surface area contributed by atoms with Gasteiger partial charge in [0.15, 0.2) is 6.04 Å². The van der Waals surface area contributed by atoms with Crippen molar-refractivity contribution in [2.45, 2.75) is 51.9 Å². The van der Waals surface area contributed by atoms with E-state index in [0.717, 1.165) is 0 Å². The van der Waals surface area contributed by atoms with Crippen LogP contribution < -0.4 is 0 Å². The Morgan fingerprint density at radius 1 is 1.39 bits per heavy atom. The van der Waals surface area contributed by atoms with E-state index in [-0.39, 0.29) is 6.61 Å². The van der Waals surface area contributed by atoms with Gasteiger partial charge in [-0.3, -0.25) is 4.90 Å². The van der Waals surface area contributed by atoms with E-state index in [1.54, 1.807) is 27.7 Å². The number of likely N-dealkylation sites (tertiary alicyclic amines) is 1. The normalized spacial score (nSPS) is 23.9. The van der Waals surface area contributed by atoms with Crippen LogP contribution in [0.2, 0.25) is 0 Å². The molecule has 1 fully saturated rings. The zero-order chi connectivity index (χ0) is 13.9. The molecule has 0 saturated carbocycles. The van der Waals surface area contributed by atoms with Crippen molar-refractivity contribution in [2.24, 2.45) is 0 Å². The van der Waals surface area contributed by atoms with E-state index in [1.165, 1.54) is 4.90 Å². The summed E-state index contributed by atoms with van der Waals surface area (Å²) in [6, 6.07) is -0.959. The average Bonchev–Trinajstić information content (AvgIpc) is 2.58. The Hall–Kier alpha value is -1.30. The Morgan fingerprint density at radius 2 is 2.00 bits per heavy atom. The minimum absolute atomic E-state index is 0.213. The third-order valence-corrected chi connectivity index (χ3v) is 2.52. The van der Waals surface area contributed by atoms with Crippen LogP contribution in [0.3, 0.4) is 0 Å². The number of carbonyl (C=O) groups excluding carboxylic acids is 2. The van der Waals surface area contributed by atoms with Gasteiger partial charge in [0.1, 0.15) is 5.60 Å². The van der Waals surface area contributed by atoms with Gasteiger partial charge >= 0.3 is 12.1 Å². The second kappa shape index (κ2) is 5.56. The van der Waals surface area contributed by atoms with Crippen molar-refractivity contribution in [1.82, 2.24) is 4.90 Å². The minimum atomic E-state index is -0.959. The topological polar surface area (TPSA) is 76.1 Å². The van der Waals surface area contributed by atoms with Crippen LogP contribution in [0.5, 0.6) is 0 Å². The van der Waals surface area contributed by atoms with Gasteiger partial charge in [0, 0.05) is 6.54 Å². The standard InChI is InChI=1S/C12H21NO5/c1-5-17-10(15)9-8(14)6-7-13(9)11(16)18-12(2,3)4/h8-9,14H,5-7H2,1-4H3/t8?,9-/m0/s1. The van der Waals surface area contributed by atoms with E-state index in [2.05, 4.69) is 0 Å². The van der Waals surface area contributed by atoms with E-state index < -0.39 is 29.8 Å². The highest BCUT2D eigenvalue weighted by atomic mass is 16.6. The van der Waals surface area contributed by atoms with Crippen LogP contribution in [0.4, 0.5) is 4.79 Å². The Balaban J connectivity index is 2.74. The molecule has 0 spiro atoms. The molecule has 0 aromatic rings. The number of ether oxygens (including phenoxy) is 2. The molecule has 1 N–H and O–H groups in total. The molecule has 1 saturated heterocycles. The predicted molar refractivity (Wildman–Crippen MR) is 64.0 cm³/mol. The van der Waals surface area contributed by atoms with Gasteiger partial charge in [-0.05, 0) is 34.1 Å². The molecule has 1 amide bonds. The van der Waals surface area contributed by atoms with Gasteiger partial charge in [-0.15, -0.1) is 0 Å². The summed E-state index contributed by atoms with van der Waals surface area (Å²) in [5.74, 6) is -0.589. The van der Waals surface area contributed by atoms with Crippen molar-refractivity contribution in [2.75, 3.05) is 13.2 Å². The van der Waals surface area contributed by atoms with Crippen LogP contribution in [0.1, 0.15) is 34.1 Å². The van der Waals surface area contributed by atoms with Crippen molar-refractivity contribution in [3.8, 4) is 0 Å². The van der Waals surface area contributed by atoms with Crippen molar-refractivity contribution in [3.63, 3.8) is 0 Å². The Bertz CT molecular complexity index is 323. The van der Waals surface area contributed by atoms with Crippen molar-refractivity contribution < 1.29 is 24.2 Å². The summed E-state index contributed by atoms with van der Waals surface area (Å²) in [6.45, 7) is 7.42. The molecule has 0 aliphatic carbocycles. The predicted octanol–water partition coefficient (Wildman–Crippen LogP) is 0.920. The Morgan fingerprint density at radius 3 is 2.50 bits per heavy atom. The molecule has 0 aromatic heterocycles. The van der Waals surface area contributed by atoms with Gasteiger partial charge in [-0.1, -0.05) is 0 Å². The molecular formula is C12H21NO5. The molecule has 1 heterocycles. The van der Waals surface area contributed by atoms with E-state index in [9.17, 15) is 14.7 Å². The molecule has 6 heteroatoms. The number of nitrogens with zero attached hydrogens (tertiary/aromatic N) is 1. The summed E-state index contributed by atoms with van der Waals surface area (Å²) in [4.78, 5) is 24.8. The van der Waals surface area contributed by atoms with E-state index in [4.69, 9.17) is 9.47 Å². The quantitative estimate of drug-likeness (QED) is 0.746. The van der Waals surface area contributed by atoms with Gasteiger partial charge in [-0.2, -0.15) is 0 Å². The summed E-state index contributed by atoms with van der Waals surface area (Å²) in [5, 5.41) is 9.75. The highest BCUT2D eigenvalue weighted by molar-refractivity contribution is 5.83. The molecule has 0 radical (unpaired) electrons. The largest absolute Gasteiger partial charge is 0.464 e. The molecule has 0 aromatic carbocycles. The van der Waals surface area contributed by atoms with Gasteiger partial charge in [-0.25, -0.2) is 9.59 Å². The second-order valence-electron chi connectivity index (χ2n) is 5.23. The monoisotopic (exact) mass is 259 g/mol. The molecule has 2 atom stereocenters. The summed E-state index contributed by atoms with van der Waals surface area (Å²) in [6.07, 6.45) is -1.14. The summed E-state index contributed by atoms with van der Waals surface area (Å²) in [7, 11) is 0. The van der Waals surface area contributed by atoms with Crippen LogP contribution in [0, 0.1) is 0 Å². The molecule has 1 aliphatic heterocycles. The first-order valence-corrected chi connectivity index (χ1v) is 6.10. The molecule has 1 unspecified atom stereocenters. The molecule has 104 valence electrons. The molecular weight excluding hydrogens is 238 g/mol. The van der Waals surface area contributed by atoms with Crippen LogP contribution in [0.25, 0.3) is 0 Å². The zero-order valence-corrected chi connectivity index (χ0v) is 11.3. The lowest BCUT2D eigenvalue weighted by atomic mass is 10.2. The molecule has 1 aliphatic rings. The number of hydrogen-bond donors (Lipinski definition) is 1. The van der Waals surface area contributed by atoms with Gasteiger partial charge < -0.3 is 14.6 Å². The van der Waals surface area contributed by atoms with Crippen LogP contribution in [-0.4, -0.2) is 53.0 Å². The highest BCUT2D eigenvalue weighted by Crippen LogP contribution is 2.22. The first-order valence-electron chi connectivity index (χ1n) is 6.10. The fraction of sp³-hybridized carbons (Fsp3) is 0.833.